The molecule has 0 bridgehead atoms. The molecule has 0 saturated carbocycles. The maximum absolute atomic E-state index is 6.20. The van der Waals surface area contributed by atoms with Gasteiger partial charge in [0.2, 0.25) is 5.88 Å². The molecule has 154 valence electrons. The van der Waals surface area contributed by atoms with E-state index in [1.165, 1.54) is 24.0 Å². The van der Waals surface area contributed by atoms with Crippen molar-refractivity contribution in [1.82, 2.24) is 15.0 Å². The summed E-state index contributed by atoms with van der Waals surface area (Å²) in [7, 11) is 0. The highest BCUT2D eigenvalue weighted by Gasteiger charge is 2.33. The first-order valence-electron chi connectivity index (χ1n) is 10.6. The summed E-state index contributed by atoms with van der Waals surface area (Å²) >= 11 is 1.66. The molecule has 0 spiro atoms. The molecule has 2 aliphatic heterocycles. The van der Waals surface area contributed by atoms with Gasteiger partial charge in [-0.15, -0.1) is 11.3 Å². The molecule has 1 fully saturated rings. The van der Waals surface area contributed by atoms with Crippen LogP contribution < -0.4 is 9.64 Å². The quantitative estimate of drug-likeness (QED) is 0.609. The summed E-state index contributed by atoms with van der Waals surface area (Å²) in [6.07, 6.45) is 6.00. The smallest absolute Gasteiger partial charge is 0.235 e. The minimum atomic E-state index is -0.194. The molecule has 0 aliphatic carbocycles. The highest BCUT2D eigenvalue weighted by molar-refractivity contribution is 7.25. The molecule has 7 heteroatoms. The van der Waals surface area contributed by atoms with E-state index in [9.17, 15) is 0 Å². The second-order valence-corrected chi connectivity index (χ2v) is 9.79. The lowest BCUT2D eigenvalue weighted by Crippen LogP contribution is -2.33. The zero-order chi connectivity index (χ0) is 20.2. The number of pyridine rings is 1. The van der Waals surface area contributed by atoms with Gasteiger partial charge >= 0.3 is 0 Å². The van der Waals surface area contributed by atoms with Gasteiger partial charge in [0.15, 0.2) is 0 Å². The standard InChI is InChI=1S/C22H28N4O2S/c1-5-13(2)28-20-18-17(23-12-24-20)16-14-10-22(3,4)27-11-15(14)19(25-21(16)29-18)26-8-6-7-9-26/h12-13H,5-11H2,1-4H3/t13-/m0/s1. The van der Waals surface area contributed by atoms with Crippen LogP contribution in [0.4, 0.5) is 5.82 Å². The third-order valence-corrected chi connectivity index (χ3v) is 7.13. The number of hydrogen-bond acceptors (Lipinski definition) is 7. The predicted molar refractivity (Wildman–Crippen MR) is 117 cm³/mol. The number of hydrogen-bond donors (Lipinski definition) is 0. The Hall–Kier alpha value is -1.99. The maximum atomic E-state index is 6.20. The van der Waals surface area contributed by atoms with E-state index in [1.807, 2.05) is 0 Å². The summed E-state index contributed by atoms with van der Waals surface area (Å²) in [5.41, 5.74) is 3.35. The average molecular weight is 413 g/mol. The van der Waals surface area contributed by atoms with Gasteiger partial charge in [-0.1, -0.05) is 6.92 Å². The molecule has 0 radical (unpaired) electrons. The zero-order valence-corrected chi connectivity index (χ0v) is 18.4. The second-order valence-electron chi connectivity index (χ2n) is 8.79. The van der Waals surface area contributed by atoms with Crippen molar-refractivity contribution < 1.29 is 9.47 Å². The van der Waals surface area contributed by atoms with Crippen molar-refractivity contribution in [1.29, 1.82) is 0 Å². The van der Waals surface area contributed by atoms with E-state index in [-0.39, 0.29) is 11.7 Å². The van der Waals surface area contributed by atoms with Gasteiger partial charge in [-0.3, -0.25) is 0 Å². The number of ether oxygens (including phenoxy) is 2. The Labute approximate surface area is 175 Å². The van der Waals surface area contributed by atoms with Crippen molar-refractivity contribution in [3.8, 4) is 5.88 Å². The Bertz CT molecular complexity index is 1070. The van der Waals surface area contributed by atoms with E-state index in [1.54, 1.807) is 17.7 Å². The summed E-state index contributed by atoms with van der Waals surface area (Å²) in [6, 6.07) is 0. The Kier molecular flexibility index (Phi) is 4.62. The minimum Gasteiger partial charge on any atom is -0.474 e. The van der Waals surface area contributed by atoms with E-state index < -0.39 is 0 Å². The van der Waals surface area contributed by atoms with Crippen molar-refractivity contribution >= 4 is 37.6 Å². The van der Waals surface area contributed by atoms with Crippen molar-refractivity contribution in [3.05, 3.63) is 17.5 Å². The SMILES string of the molecule is CC[C@H](C)Oc1ncnc2c1sc1nc(N3CCCC3)c3c(c12)CC(C)(C)OC3. The van der Waals surface area contributed by atoms with Crippen LogP contribution in [0.25, 0.3) is 20.4 Å². The van der Waals surface area contributed by atoms with Crippen LogP contribution in [0.15, 0.2) is 6.33 Å². The molecule has 5 rings (SSSR count). The summed E-state index contributed by atoms with van der Waals surface area (Å²) in [6.45, 7) is 11.3. The number of anilines is 1. The van der Waals surface area contributed by atoms with E-state index in [0.717, 1.165) is 52.2 Å². The number of fused-ring (bicyclic) bond motifs is 5. The van der Waals surface area contributed by atoms with Crippen LogP contribution in [-0.4, -0.2) is 39.7 Å². The Morgan fingerprint density at radius 3 is 2.79 bits per heavy atom. The van der Waals surface area contributed by atoms with Crippen LogP contribution in [0.1, 0.15) is 58.1 Å². The van der Waals surface area contributed by atoms with Crippen molar-refractivity contribution in [2.45, 2.75) is 71.7 Å². The fourth-order valence-electron chi connectivity index (χ4n) is 4.32. The molecular weight excluding hydrogens is 384 g/mol. The number of nitrogens with zero attached hydrogens (tertiary/aromatic N) is 4. The molecule has 0 aromatic carbocycles. The Morgan fingerprint density at radius 2 is 2.03 bits per heavy atom. The Morgan fingerprint density at radius 1 is 1.24 bits per heavy atom. The lowest BCUT2D eigenvalue weighted by atomic mass is 9.90. The lowest BCUT2D eigenvalue weighted by molar-refractivity contribution is -0.0395. The van der Waals surface area contributed by atoms with Gasteiger partial charge in [-0.05, 0) is 45.6 Å². The maximum Gasteiger partial charge on any atom is 0.235 e. The molecule has 6 nitrogen and oxygen atoms in total. The van der Waals surface area contributed by atoms with Crippen LogP contribution in [0.3, 0.4) is 0 Å². The summed E-state index contributed by atoms with van der Waals surface area (Å²) < 4.78 is 13.3. The van der Waals surface area contributed by atoms with Gasteiger partial charge in [-0.25, -0.2) is 15.0 Å². The molecule has 0 amide bonds. The average Bonchev–Trinajstić information content (AvgIpc) is 3.34. The fraction of sp³-hybridized carbons (Fsp3) is 0.591. The highest BCUT2D eigenvalue weighted by atomic mass is 32.1. The van der Waals surface area contributed by atoms with Gasteiger partial charge in [0.25, 0.3) is 0 Å². The fourth-order valence-corrected chi connectivity index (χ4v) is 5.40. The first kappa shape index (κ1) is 19.0. The molecular formula is C22H28N4O2S. The molecule has 5 heterocycles. The van der Waals surface area contributed by atoms with Gasteiger partial charge in [0, 0.05) is 30.5 Å². The lowest BCUT2D eigenvalue weighted by Gasteiger charge is -2.34. The first-order chi connectivity index (χ1) is 14.0. The summed E-state index contributed by atoms with van der Waals surface area (Å²) in [5.74, 6) is 1.78. The van der Waals surface area contributed by atoms with Crippen molar-refractivity contribution in [3.63, 3.8) is 0 Å². The molecule has 1 saturated heterocycles. The van der Waals surface area contributed by atoms with E-state index >= 15 is 0 Å². The molecule has 0 unspecified atom stereocenters. The highest BCUT2D eigenvalue weighted by Crippen LogP contribution is 2.44. The molecule has 0 N–H and O–H groups in total. The van der Waals surface area contributed by atoms with Gasteiger partial charge in [0.1, 0.15) is 21.7 Å². The molecule has 3 aromatic heterocycles. The second kappa shape index (κ2) is 7.06. The summed E-state index contributed by atoms with van der Waals surface area (Å²) in [5, 5.41) is 1.16. The van der Waals surface area contributed by atoms with Gasteiger partial charge in [0.05, 0.1) is 23.8 Å². The number of aromatic nitrogens is 3. The molecule has 29 heavy (non-hydrogen) atoms. The van der Waals surface area contributed by atoms with Crippen LogP contribution in [0.2, 0.25) is 0 Å². The topological polar surface area (TPSA) is 60.4 Å². The molecule has 1 atom stereocenters. The first-order valence-corrected chi connectivity index (χ1v) is 11.4. The molecule has 3 aromatic rings. The van der Waals surface area contributed by atoms with Crippen LogP contribution in [0.5, 0.6) is 5.88 Å². The summed E-state index contributed by atoms with van der Waals surface area (Å²) in [4.78, 5) is 17.7. The van der Waals surface area contributed by atoms with E-state index in [2.05, 4.69) is 42.6 Å². The number of thiophene rings is 1. The molecule has 2 aliphatic rings. The third-order valence-electron chi connectivity index (χ3n) is 6.07. The third kappa shape index (κ3) is 3.24. The van der Waals surface area contributed by atoms with Gasteiger partial charge < -0.3 is 14.4 Å². The number of rotatable bonds is 4. The van der Waals surface area contributed by atoms with Crippen LogP contribution in [-0.2, 0) is 17.8 Å². The minimum absolute atomic E-state index is 0.118. The van der Waals surface area contributed by atoms with Crippen LogP contribution >= 0.6 is 11.3 Å². The normalized spacial score (nSPS) is 19.7. The largest absolute Gasteiger partial charge is 0.474 e. The zero-order valence-electron chi connectivity index (χ0n) is 17.6. The predicted octanol–water partition coefficient (Wildman–Crippen LogP) is 4.87. The van der Waals surface area contributed by atoms with Crippen LogP contribution in [0, 0.1) is 0 Å². The van der Waals surface area contributed by atoms with E-state index in [4.69, 9.17) is 14.5 Å². The monoisotopic (exact) mass is 412 g/mol. The van der Waals surface area contributed by atoms with E-state index in [0.29, 0.717) is 12.5 Å². The Balaban J connectivity index is 1.76. The van der Waals surface area contributed by atoms with Crippen molar-refractivity contribution in [2.75, 3.05) is 18.0 Å². The van der Waals surface area contributed by atoms with Crippen molar-refractivity contribution in [2.24, 2.45) is 0 Å². The van der Waals surface area contributed by atoms with Gasteiger partial charge in [-0.2, -0.15) is 0 Å².